The molecule has 0 aliphatic heterocycles. The van der Waals surface area contributed by atoms with Gasteiger partial charge in [-0.1, -0.05) is 18.2 Å². The smallest absolute Gasteiger partial charge is 0.222 e. The highest BCUT2D eigenvalue weighted by Gasteiger charge is 2.28. The molecule has 2 heterocycles. The molecule has 2 aromatic heterocycles. The Kier molecular flexibility index (Phi) is 5.16. The Hall–Kier alpha value is -2.73. The Morgan fingerprint density at radius 2 is 2.07 bits per heavy atom. The van der Waals surface area contributed by atoms with Gasteiger partial charge in [0, 0.05) is 30.0 Å². The van der Waals surface area contributed by atoms with Gasteiger partial charge in [0.2, 0.25) is 5.95 Å². The van der Waals surface area contributed by atoms with E-state index in [1.54, 1.807) is 24.6 Å². The van der Waals surface area contributed by atoms with E-state index < -0.39 is 0 Å². The number of thiophene rings is 1. The molecule has 0 radical (unpaired) electrons. The van der Waals surface area contributed by atoms with Crippen molar-refractivity contribution in [2.75, 3.05) is 19.0 Å². The van der Waals surface area contributed by atoms with Gasteiger partial charge in [-0.3, -0.25) is 4.79 Å². The molecule has 0 unspecified atom stereocenters. The van der Waals surface area contributed by atoms with Crippen LogP contribution in [0.3, 0.4) is 0 Å². The Labute approximate surface area is 162 Å². The number of anilines is 1. The molecule has 1 aliphatic rings. The zero-order valence-corrected chi connectivity index (χ0v) is 16.0. The van der Waals surface area contributed by atoms with Crippen LogP contribution in [0, 0.1) is 0 Å². The molecule has 3 aromatic rings. The predicted octanol–water partition coefficient (Wildman–Crippen LogP) is 4.11. The van der Waals surface area contributed by atoms with Gasteiger partial charge < -0.3 is 10.1 Å². The van der Waals surface area contributed by atoms with Crippen molar-refractivity contribution in [2.24, 2.45) is 0 Å². The zero-order valence-electron chi connectivity index (χ0n) is 15.1. The van der Waals surface area contributed by atoms with E-state index in [0.29, 0.717) is 17.9 Å². The second kappa shape index (κ2) is 7.88. The number of benzene rings is 1. The predicted molar refractivity (Wildman–Crippen MR) is 107 cm³/mol. The number of hydrogen-bond donors (Lipinski definition) is 1. The zero-order chi connectivity index (χ0) is 18.6. The van der Waals surface area contributed by atoms with Crippen molar-refractivity contribution in [2.45, 2.75) is 25.2 Å². The molecule has 1 aliphatic carbocycles. The number of carbonyl (C=O) groups excluding carboxylic acids is 1. The Bertz CT molecular complexity index is 923. The van der Waals surface area contributed by atoms with Crippen molar-refractivity contribution >= 4 is 23.1 Å². The number of fused-ring (bicyclic) bond motifs is 1. The summed E-state index contributed by atoms with van der Waals surface area (Å²) in [6.07, 6.45) is 3.87. The fourth-order valence-electron chi connectivity index (χ4n) is 3.37. The average molecular weight is 379 g/mol. The molecule has 0 fully saturated rings. The molecule has 1 N–H and O–H groups in total. The van der Waals surface area contributed by atoms with E-state index in [2.05, 4.69) is 38.9 Å². The lowest BCUT2D eigenvalue weighted by atomic mass is 9.86. The number of methoxy groups -OCH3 is 1. The molecule has 1 aromatic carbocycles. The lowest BCUT2D eigenvalue weighted by Gasteiger charge is -2.22. The fourth-order valence-corrected chi connectivity index (χ4v) is 4.20. The third-order valence-electron chi connectivity index (χ3n) is 4.84. The molecular formula is C21H21N3O2S. The molecule has 0 saturated carbocycles. The maximum atomic E-state index is 12.4. The summed E-state index contributed by atoms with van der Waals surface area (Å²) in [4.78, 5) is 22.7. The minimum atomic E-state index is 0.138. The van der Waals surface area contributed by atoms with Crippen molar-refractivity contribution in [3.05, 3.63) is 69.7 Å². The van der Waals surface area contributed by atoms with Crippen molar-refractivity contribution in [1.82, 2.24) is 9.97 Å². The molecule has 4 rings (SSSR count). The standard InChI is InChI=1S/C21H21N3O2S/c1-26-16-6-4-14(5-7-16)8-9-22-21-23-13-17-18(24-21)11-15(12-19(17)25)20-3-2-10-27-20/h2-7,10,13,15H,8-9,11-12H2,1H3,(H,22,23,24)/t15-/m0/s1. The van der Waals surface area contributed by atoms with Crippen LogP contribution in [0.2, 0.25) is 0 Å². The van der Waals surface area contributed by atoms with Gasteiger partial charge in [-0.2, -0.15) is 0 Å². The average Bonchev–Trinajstić information content (AvgIpc) is 3.23. The summed E-state index contributed by atoms with van der Waals surface area (Å²) >= 11 is 1.70. The van der Waals surface area contributed by atoms with E-state index in [9.17, 15) is 4.79 Å². The van der Waals surface area contributed by atoms with Crippen molar-refractivity contribution < 1.29 is 9.53 Å². The van der Waals surface area contributed by atoms with Gasteiger partial charge in [-0.15, -0.1) is 11.3 Å². The number of hydrogen-bond acceptors (Lipinski definition) is 6. The number of carbonyl (C=O) groups is 1. The summed E-state index contributed by atoms with van der Waals surface area (Å²) in [6, 6.07) is 12.2. The molecule has 0 amide bonds. The summed E-state index contributed by atoms with van der Waals surface area (Å²) in [7, 11) is 1.66. The monoisotopic (exact) mass is 379 g/mol. The number of aromatic nitrogens is 2. The van der Waals surface area contributed by atoms with E-state index in [1.165, 1.54) is 10.4 Å². The van der Waals surface area contributed by atoms with Crippen LogP contribution in [0.1, 0.15) is 38.8 Å². The maximum absolute atomic E-state index is 12.4. The van der Waals surface area contributed by atoms with E-state index in [-0.39, 0.29) is 11.7 Å². The Balaban J connectivity index is 1.41. The molecule has 138 valence electrons. The summed E-state index contributed by atoms with van der Waals surface area (Å²) in [5.41, 5.74) is 2.74. The van der Waals surface area contributed by atoms with Crippen LogP contribution in [-0.4, -0.2) is 29.4 Å². The third kappa shape index (κ3) is 4.01. The number of rotatable bonds is 6. The van der Waals surface area contributed by atoms with Gasteiger partial charge in [0.1, 0.15) is 5.75 Å². The fraction of sp³-hybridized carbons (Fsp3) is 0.286. The van der Waals surface area contributed by atoms with Crippen molar-refractivity contribution in [3.8, 4) is 5.75 Å². The van der Waals surface area contributed by atoms with Crippen molar-refractivity contribution in [3.63, 3.8) is 0 Å². The Morgan fingerprint density at radius 3 is 2.81 bits per heavy atom. The summed E-state index contributed by atoms with van der Waals surface area (Å²) < 4.78 is 5.18. The van der Waals surface area contributed by atoms with Crippen LogP contribution in [0.5, 0.6) is 5.75 Å². The highest BCUT2D eigenvalue weighted by molar-refractivity contribution is 7.10. The second-order valence-corrected chi connectivity index (χ2v) is 7.60. The summed E-state index contributed by atoms with van der Waals surface area (Å²) in [6.45, 7) is 0.730. The topological polar surface area (TPSA) is 64.1 Å². The lowest BCUT2D eigenvalue weighted by Crippen LogP contribution is -2.21. The molecule has 27 heavy (non-hydrogen) atoms. The minimum Gasteiger partial charge on any atom is -0.497 e. The second-order valence-electron chi connectivity index (χ2n) is 6.62. The number of ketones is 1. The first-order chi connectivity index (χ1) is 13.2. The van der Waals surface area contributed by atoms with Gasteiger partial charge in [-0.25, -0.2) is 9.97 Å². The minimum absolute atomic E-state index is 0.138. The lowest BCUT2D eigenvalue weighted by molar-refractivity contribution is 0.0963. The molecule has 0 spiro atoms. The normalized spacial score (nSPS) is 16.0. The molecular weight excluding hydrogens is 358 g/mol. The van der Waals surface area contributed by atoms with E-state index in [0.717, 1.165) is 30.8 Å². The van der Waals surface area contributed by atoms with E-state index in [1.807, 2.05) is 18.2 Å². The molecule has 5 nitrogen and oxygen atoms in total. The highest BCUT2D eigenvalue weighted by atomic mass is 32.1. The van der Waals surface area contributed by atoms with E-state index in [4.69, 9.17) is 4.74 Å². The molecule has 0 saturated heterocycles. The first kappa shape index (κ1) is 17.7. The molecule has 1 atom stereocenters. The van der Waals surface area contributed by atoms with Gasteiger partial charge in [0.15, 0.2) is 5.78 Å². The maximum Gasteiger partial charge on any atom is 0.222 e. The third-order valence-corrected chi connectivity index (χ3v) is 5.88. The Morgan fingerprint density at radius 1 is 1.22 bits per heavy atom. The van der Waals surface area contributed by atoms with Crippen LogP contribution in [0.25, 0.3) is 0 Å². The van der Waals surface area contributed by atoms with Gasteiger partial charge in [0.25, 0.3) is 0 Å². The largest absolute Gasteiger partial charge is 0.497 e. The van der Waals surface area contributed by atoms with E-state index >= 15 is 0 Å². The van der Waals surface area contributed by atoms with Gasteiger partial charge >= 0.3 is 0 Å². The van der Waals surface area contributed by atoms with Crippen LogP contribution < -0.4 is 10.1 Å². The summed E-state index contributed by atoms with van der Waals surface area (Å²) in [5.74, 6) is 1.81. The quantitative estimate of drug-likeness (QED) is 0.698. The van der Waals surface area contributed by atoms with Crippen LogP contribution in [0.15, 0.2) is 48.0 Å². The first-order valence-corrected chi connectivity index (χ1v) is 9.90. The van der Waals surface area contributed by atoms with Crippen LogP contribution >= 0.6 is 11.3 Å². The number of ether oxygens (including phenoxy) is 1. The molecule has 6 heteroatoms. The number of nitrogens with zero attached hydrogens (tertiary/aromatic N) is 2. The van der Waals surface area contributed by atoms with Crippen molar-refractivity contribution in [1.29, 1.82) is 0 Å². The number of Topliss-reactive ketones (excluding diaryl/α,β-unsaturated/α-hetero) is 1. The van der Waals surface area contributed by atoms with Gasteiger partial charge in [0.05, 0.1) is 18.4 Å². The van der Waals surface area contributed by atoms with Crippen LogP contribution in [-0.2, 0) is 12.8 Å². The first-order valence-electron chi connectivity index (χ1n) is 9.02. The van der Waals surface area contributed by atoms with Gasteiger partial charge in [-0.05, 0) is 42.0 Å². The highest BCUT2D eigenvalue weighted by Crippen LogP contribution is 2.34. The summed E-state index contributed by atoms with van der Waals surface area (Å²) in [5, 5.41) is 5.33. The molecule has 0 bridgehead atoms. The SMILES string of the molecule is COc1ccc(CCNc2ncc3c(n2)C[C@H](c2cccs2)CC3=O)cc1. The van der Waals surface area contributed by atoms with Crippen LogP contribution in [0.4, 0.5) is 5.95 Å². The number of nitrogens with one attached hydrogen (secondary N) is 1.